The van der Waals surface area contributed by atoms with E-state index in [1.165, 1.54) is 6.42 Å². The lowest BCUT2D eigenvalue weighted by Gasteiger charge is -2.38. The van der Waals surface area contributed by atoms with E-state index in [0.29, 0.717) is 17.6 Å². The molecule has 2 N–H and O–H groups in total. The summed E-state index contributed by atoms with van der Waals surface area (Å²) in [4.78, 5) is 16.8. The zero-order valence-electron chi connectivity index (χ0n) is 12.4. The van der Waals surface area contributed by atoms with Crippen LogP contribution in [0.5, 0.6) is 0 Å². The first-order valence-electron chi connectivity index (χ1n) is 7.64. The molecule has 2 heterocycles. The van der Waals surface area contributed by atoms with Crippen LogP contribution >= 0.6 is 0 Å². The fourth-order valence-corrected chi connectivity index (χ4v) is 5.72. The summed E-state index contributed by atoms with van der Waals surface area (Å²) < 4.78 is 27.5. The molecule has 4 rings (SSSR count). The van der Waals surface area contributed by atoms with E-state index >= 15 is 0 Å². The van der Waals surface area contributed by atoms with E-state index in [1.807, 2.05) is 6.92 Å². The molecule has 1 saturated carbocycles. The average Bonchev–Trinajstić information content (AvgIpc) is 2.96. The standard InChI is InChI=1S/C15H19N3O3S/c1-10-8-15(5-2-6-15)9-18(10)22(20,21)11-3-4-12-13(7-11)17-14(19)16-12/h3-4,7,10H,2,5-6,8-9H2,1H3,(H2,16,17,19). The van der Waals surface area contributed by atoms with E-state index in [1.54, 1.807) is 22.5 Å². The molecule has 1 aromatic heterocycles. The highest BCUT2D eigenvalue weighted by molar-refractivity contribution is 7.89. The molecule has 22 heavy (non-hydrogen) atoms. The van der Waals surface area contributed by atoms with Crippen LogP contribution in [-0.4, -0.2) is 35.3 Å². The van der Waals surface area contributed by atoms with Crippen LogP contribution in [-0.2, 0) is 10.0 Å². The molecule has 1 aliphatic heterocycles. The Balaban J connectivity index is 1.74. The summed E-state index contributed by atoms with van der Waals surface area (Å²) in [6, 6.07) is 4.78. The van der Waals surface area contributed by atoms with Gasteiger partial charge in [0.2, 0.25) is 10.0 Å². The van der Waals surface area contributed by atoms with Crippen molar-refractivity contribution in [3.05, 3.63) is 28.7 Å². The summed E-state index contributed by atoms with van der Waals surface area (Å²) in [5.41, 5.74) is 1.02. The highest BCUT2D eigenvalue weighted by atomic mass is 32.2. The molecule has 2 aromatic rings. The zero-order valence-corrected chi connectivity index (χ0v) is 13.2. The van der Waals surface area contributed by atoms with Gasteiger partial charge in [-0.1, -0.05) is 6.42 Å². The van der Waals surface area contributed by atoms with Gasteiger partial charge in [-0.2, -0.15) is 4.31 Å². The molecule has 2 fully saturated rings. The summed E-state index contributed by atoms with van der Waals surface area (Å²) in [6.45, 7) is 2.61. The quantitative estimate of drug-likeness (QED) is 0.884. The Labute approximate surface area is 128 Å². The highest BCUT2D eigenvalue weighted by Gasteiger charge is 2.49. The van der Waals surface area contributed by atoms with E-state index in [0.717, 1.165) is 19.3 Å². The second-order valence-corrected chi connectivity index (χ2v) is 8.63. The maximum Gasteiger partial charge on any atom is 0.323 e. The van der Waals surface area contributed by atoms with Gasteiger partial charge in [0.1, 0.15) is 0 Å². The van der Waals surface area contributed by atoms with Crippen molar-refractivity contribution in [3.8, 4) is 0 Å². The van der Waals surface area contributed by atoms with Crippen LogP contribution in [0, 0.1) is 5.41 Å². The lowest BCUT2D eigenvalue weighted by molar-refractivity contribution is 0.152. The van der Waals surface area contributed by atoms with Gasteiger partial charge in [0.25, 0.3) is 0 Å². The highest BCUT2D eigenvalue weighted by Crippen LogP contribution is 2.51. The van der Waals surface area contributed by atoms with E-state index < -0.39 is 10.0 Å². The van der Waals surface area contributed by atoms with Crippen molar-refractivity contribution in [2.24, 2.45) is 5.41 Å². The van der Waals surface area contributed by atoms with Crippen molar-refractivity contribution in [1.82, 2.24) is 14.3 Å². The third-order valence-corrected chi connectivity index (χ3v) is 7.18. The fourth-order valence-electron chi connectivity index (χ4n) is 3.95. The smallest absolute Gasteiger partial charge is 0.306 e. The maximum atomic E-state index is 12.9. The van der Waals surface area contributed by atoms with Crippen molar-refractivity contribution in [2.75, 3.05) is 6.54 Å². The molecule has 0 radical (unpaired) electrons. The molecule has 118 valence electrons. The van der Waals surface area contributed by atoms with Crippen LogP contribution in [0.3, 0.4) is 0 Å². The predicted octanol–water partition coefficient (Wildman–Crippen LogP) is 1.81. The first kappa shape index (κ1) is 14.0. The van der Waals surface area contributed by atoms with Crippen molar-refractivity contribution in [2.45, 2.75) is 43.5 Å². The molecule has 0 amide bonds. The molecule has 6 nitrogen and oxygen atoms in total. The number of nitrogens with zero attached hydrogens (tertiary/aromatic N) is 1. The first-order chi connectivity index (χ1) is 10.4. The molecule has 1 atom stereocenters. The van der Waals surface area contributed by atoms with Gasteiger partial charge in [-0.05, 0) is 49.8 Å². The van der Waals surface area contributed by atoms with E-state index in [2.05, 4.69) is 9.97 Å². The summed E-state index contributed by atoms with van der Waals surface area (Å²) in [5.74, 6) is 0. The Hall–Kier alpha value is -1.60. The Kier molecular flexibility index (Phi) is 2.84. The van der Waals surface area contributed by atoms with Gasteiger partial charge in [0.05, 0.1) is 15.9 Å². The number of rotatable bonds is 2. The number of hydrogen-bond donors (Lipinski definition) is 2. The molecule has 1 unspecified atom stereocenters. The van der Waals surface area contributed by atoms with Crippen molar-refractivity contribution >= 4 is 21.1 Å². The van der Waals surface area contributed by atoms with Gasteiger partial charge < -0.3 is 9.97 Å². The van der Waals surface area contributed by atoms with Gasteiger partial charge in [0.15, 0.2) is 0 Å². The third-order valence-electron chi connectivity index (χ3n) is 5.22. The zero-order chi connectivity index (χ0) is 15.5. The minimum Gasteiger partial charge on any atom is -0.306 e. The van der Waals surface area contributed by atoms with Crippen LogP contribution in [0.4, 0.5) is 0 Å². The number of hydrogen-bond acceptors (Lipinski definition) is 3. The molecule has 0 bridgehead atoms. The van der Waals surface area contributed by atoms with E-state index in [-0.39, 0.29) is 22.0 Å². The van der Waals surface area contributed by atoms with E-state index in [4.69, 9.17) is 0 Å². The fraction of sp³-hybridized carbons (Fsp3) is 0.533. The third kappa shape index (κ3) is 1.95. The molecule has 2 aliphatic rings. The Bertz CT molecular complexity index is 892. The second-order valence-electron chi connectivity index (χ2n) is 6.74. The van der Waals surface area contributed by atoms with Crippen LogP contribution in [0.15, 0.2) is 27.9 Å². The van der Waals surface area contributed by atoms with Crippen molar-refractivity contribution in [1.29, 1.82) is 0 Å². The number of benzene rings is 1. The molecular formula is C15H19N3O3S. The number of nitrogens with one attached hydrogen (secondary N) is 2. The topological polar surface area (TPSA) is 86.0 Å². The number of fused-ring (bicyclic) bond motifs is 1. The lowest BCUT2D eigenvalue weighted by Crippen LogP contribution is -2.37. The van der Waals surface area contributed by atoms with Gasteiger partial charge in [-0.15, -0.1) is 0 Å². The molecular weight excluding hydrogens is 302 g/mol. The molecule has 1 saturated heterocycles. The van der Waals surface area contributed by atoms with Crippen LogP contribution in [0.1, 0.15) is 32.6 Å². The summed E-state index contributed by atoms with van der Waals surface area (Å²) >= 11 is 0. The van der Waals surface area contributed by atoms with Crippen LogP contribution in [0.25, 0.3) is 11.0 Å². The van der Waals surface area contributed by atoms with Gasteiger partial charge in [-0.25, -0.2) is 13.2 Å². The van der Waals surface area contributed by atoms with Gasteiger partial charge in [0, 0.05) is 12.6 Å². The van der Waals surface area contributed by atoms with Gasteiger partial charge in [-0.3, -0.25) is 0 Å². The second kappa shape index (κ2) is 4.45. The lowest BCUT2D eigenvalue weighted by atomic mass is 9.68. The predicted molar refractivity (Wildman–Crippen MR) is 83.2 cm³/mol. The monoisotopic (exact) mass is 321 g/mol. The van der Waals surface area contributed by atoms with Crippen molar-refractivity contribution < 1.29 is 8.42 Å². The van der Waals surface area contributed by atoms with E-state index in [9.17, 15) is 13.2 Å². The number of aromatic nitrogens is 2. The molecule has 1 aromatic carbocycles. The maximum absolute atomic E-state index is 12.9. The SMILES string of the molecule is CC1CC2(CCC2)CN1S(=O)(=O)c1ccc2[nH]c(=O)[nH]c2c1. The van der Waals surface area contributed by atoms with Gasteiger partial charge >= 0.3 is 5.69 Å². The molecule has 7 heteroatoms. The number of H-pyrrole nitrogens is 2. The summed E-state index contributed by atoms with van der Waals surface area (Å²) in [6.07, 6.45) is 4.42. The molecule has 1 aliphatic carbocycles. The van der Waals surface area contributed by atoms with Crippen LogP contribution < -0.4 is 5.69 Å². The Morgan fingerprint density at radius 2 is 1.95 bits per heavy atom. The minimum absolute atomic E-state index is 0.0336. The van der Waals surface area contributed by atoms with Crippen LogP contribution in [0.2, 0.25) is 0 Å². The minimum atomic E-state index is -3.52. The number of imidazole rings is 1. The van der Waals surface area contributed by atoms with Crippen molar-refractivity contribution in [3.63, 3.8) is 0 Å². The summed E-state index contributed by atoms with van der Waals surface area (Å²) in [7, 11) is -3.52. The number of aromatic amines is 2. The largest absolute Gasteiger partial charge is 0.323 e. The number of sulfonamides is 1. The normalized spacial score (nSPS) is 24.9. The first-order valence-corrected chi connectivity index (χ1v) is 9.08. The average molecular weight is 321 g/mol. The molecule has 1 spiro atoms. The Morgan fingerprint density at radius 1 is 1.23 bits per heavy atom. The summed E-state index contributed by atoms with van der Waals surface area (Å²) in [5, 5.41) is 0. The Morgan fingerprint density at radius 3 is 2.59 bits per heavy atom.